The summed E-state index contributed by atoms with van der Waals surface area (Å²) < 4.78 is 5.48. The largest absolute Gasteiger partial charge is 0.497 e. The molecule has 2 N–H and O–H groups in total. The Morgan fingerprint density at radius 3 is 2.85 bits per heavy atom. The van der Waals surface area contributed by atoms with Crippen LogP contribution in [0.1, 0.15) is 75.3 Å². The van der Waals surface area contributed by atoms with E-state index in [1.807, 2.05) is 0 Å². The molecule has 3 nitrogen and oxygen atoms in total. The normalized spacial score (nSPS) is 31.7. The van der Waals surface area contributed by atoms with Gasteiger partial charge in [-0.05, 0) is 86.1 Å². The molecule has 2 saturated carbocycles. The topological polar surface area (TPSA) is 52.3 Å². The van der Waals surface area contributed by atoms with Crippen molar-refractivity contribution in [1.29, 1.82) is 0 Å². The smallest absolute Gasteiger partial charge is 0.139 e. The third-order valence-electron chi connectivity index (χ3n) is 7.61. The van der Waals surface area contributed by atoms with Gasteiger partial charge in [0.15, 0.2) is 0 Å². The number of hydrogen-bond donors (Lipinski definition) is 1. The predicted octanol–water partition coefficient (Wildman–Crippen LogP) is 5.09. The van der Waals surface area contributed by atoms with E-state index in [0.717, 1.165) is 50.8 Å². The van der Waals surface area contributed by atoms with Crippen molar-refractivity contribution in [2.24, 2.45) is 23.0 Å². The summed E-state index contributed by atoms with van der Waals surface area (Å²) in [6.07, 6.45) is 11.1. The molecule has 1 aromatic rings. The van der Waals surface area contributed by atoms with Gasteiger partial charge in [0.1, 0.15) is 11.5 Å². The number of carbonyl (C=O) groups is 1. The highest BCUT2D eigenvalue weighted by Gasteiger charge is 2.55. The van der Waals surface area contributed by atoms with Crippen molar-refractivity contribution in [1.82, 2.24) is 0 Å². The van der Waals surface area contributed by atoms with E-state index in [9.17, 15) is 4.79 Å². The molecule has 0 saturated heterocycles. The number of allylic oxidation sites excluding steroid dienone is 1. The molecule has 3 aliphatic carbocycles. The van der Waals surface area contributed by atoms with E-state index < -0.39 is 0 Å². The number of methoxy groups -OCH3 is 1. The number of benzene rings is 1. The fourth-order valence-electron chi connectivity index (χ4n) is 6.11. The molecule has 0 aliphatic heterocycles. The monoisotopic (exact) mass is 367 g/mol. The average Bonchev–Trinajstić information content (AvgIpc) is 2.99. The van der Waals surface area contributed by atoms with Gasteiger partial charge in [-0.1, -0.05) is 31.1 Å². The van der Waals surface area contributed by atoms with Gasteiger partial charge in [0.2, 0.25) is 0 Å². The van der Waals surface area contributed by atoms with E-state index in [4.69, 9.17) is 10.5 Å². The first-order chi connectivity index (χ1) is 13.1. The van der Waals surface area contributed by atoms with Crippen LogP contribution >= 0.6 is 0 Å². The van der Waals surface area contributed by atoms with Gasteiger partial charge in [0.25, 0.3) is 0 Å². The van der Waals surface area contributed by atoms with Crippen molar-refractivity contribution < 1.29 is 9.53 Å². The first kappa shape index (κ1) is 18.7. The summed E-state index contributed by atoms with van der Waals surface area (Å²) in [6, 6.07) is 6.57. The number of carbonyl (C=O) groups excluding carboxylic acids is 1. The maximum Gasteiger partial charge on any atom is 0.139 e. The highest BCUT2D eigenvalue weighted by atomic mass is 16.5. The zero-order valence-corrected chi connectivity index (χ0v) is 16.8. The number of nitrogens with two attached hydrogens (primary N) is 1. The summed E-state index contributed by atoms with van der Waals surface area (Å²) in [5.74, 6) is 3.05. The molecule has 0 bridgehead atoms. The number of Topliss-reactive ketones (excluding diaryl/α,β-unsaturated/α-hetero) is 1. The highest BCUT2D eigenvalue weighted by molar-refractivity contribution is 5.87. The maximum absolute atomic E-state index is 12.7. The number of unbranched alkanes of at least 4 members (excludes halogenated alkanes) is 2. The van der Waals surface area contributed by atoms with Gasteiger partial charge in [-0.3, -0.25) is 4.79 Å². The van der Waals surface area contributed by atoms with Crippen LogP contribution in [0.25, 0.3) is 6.08 Å². The third kappa shape index (κ3) is 3.14. The number of ether oxygens (including phenoxy) is 1. The lowest BCUT2D eigenvalue weighted by Gasteiger charge is -2.48. The van der Waals surface area contributed by atoms with Crippen molar-refractivity contribution >= 4 is 11.9 Å². The Bertz CT molecular complexity index is 753. The Morgan fingerprint density at radius 1 is 1.22 bits per heavy atom. The van der Waals surface area contributed by atoms with E-state index in [2.05, 4.69) is 31.2 Å². The molecule has 3 aliphatic rings. The van der Waals surface area contributed by atoms with E-state index in [1.165, 1.54) is 24.0 Å². The number of ketones is 1. The predicted molar refractivity (Wildman–Crippen MR) is 110 cm³/mol. The molecule has 0 unspecified atom stereocenters. The summed E-state index contributed by atoms with van der Waals surface area (Å²) in [5.41, 5.74) is 9.96. The van der Waals surface area contributed by atoms with Crippen molar-refractivity contribution in [2.75, 3.05) is 13.7 Å². The standard InChI is InChI=1S/C24H33NO2/c1-24-12-11-20-19-8-7-18(27-2)15-17(19)14-16(6-4-3-5-13-25)23(20)21(24)9-10-22(24)26/h7-8,14-15,20-21,23H,3-6,9-13,25H2,1-2H3/t20-,21+,23-,24+/m1/s1. The Hall–Kier alpha value is -1.61. The lowest BCUT2D eigenvalue weighted by atomic mass is 9.55. The minimum Gasteiger partial charge on any atom is -0.497 e. The molecule has 0 aromatic heterocycles. The molecule has 2 fully saturated rings. The lowest BCUT2D eigenvalue weighted by molar-refractivity contribution is -0.128. The molecule has 4 rings (SSSR count). The van der Waals surface area contributed by atoms with Gasteiger partial charge in [-0.15, -0.1) is 0 Å². The molecule has 27 heavy (non-hydrogen) atoms. The van der Waals surface area contributed by atoms with E-state index in [0.29, 0.717) is 23.5 Å². The Balaban J connectivity index is 1.70. The third-order valence-corrected chi connectivity index (χ3v) is 7.61. The van der Waals surface area contributed by atoms with E-state index in [-0.39, 0.29) is 5.41 Å². The van der Waals surface area contributed by atoms with Gasteiger partial charge in [-0.25, -0.2) is 0 Å². The van der Waals surface area contributed by atoms with Crippen molar-refractivity contribution in [3.8, 4) is 5.75 Å². The van der Waals surface area contributed by atoms with Gasteiger partial charge in [0.05, 0.1) is 7.11 Å². The zero-order chi connectivity index (χ0) is 19.0. The van der Waals surface area contributed by atoms with Crippen LogP contribution in [-0.2, 0) is 4.79 Å². The van der Waals surface area contributed by atoms with Crippen LogP contribution < -0.4 is 10.5 Å². The quantitative estimate of drug-likeness (QED) is 0.713. The van der Waals surface area contributed by atoms with Crippen LogP contribution in [0, 0.1) is 17.3 Å². The second kappa shape index (κ2) is 7.43. The summed E-state index contributed by atoms with van der Waals surface area (Å²) >= 11 is 0. The fourth-order valence-corrected chi connectivity index (χ4v) is 6.11. The second-order valence-corrected chi connectivity index (χ2v) is 8.97. The van der Waals surface area contributed by atoms with Crippen LogP contribution in [0.15, 0.2) is 23.8 Å². The van der Waals surface area contributed by atoms with Gasteiger partial charge >= 0.3 is 0 Å². The van der Waals surface area contributed by atoms with Gasteiger partial charge in [0, 0.05) is 11.8 Å². The van der Waals surface area contributed by atoms with Crippen LogP contribution in [0.5, 0.6) is 5.75 Å². The Labute approximate surface area is 163 Å². The fraction of sp³-hybridized carbons (Fsp3) is 0.625. The van der Waals surface area contributed by atoms with E-state index >= 15 is 0 Å². The summed E-state index contributed by atoms with van der Waals surface area (Å²) in [4.78, 5) is 12.7. The average molecular weight is 368 g/mol. The Morgan fingerprint density at radius 2 is 2.07 bits per heavy atom. The first-order valence-electron chi connectivity index (χ1n) is 10.7. The highest BCUT2D eigenvalue weighted by Crippen LogP contribution is 2.61. The van der Waals surface area contributed by atoms with E-state index in [1.54, 1.807) is 12.7 Å². The maximum atomic E-state index is 12.7. The second-order valence-electron chi connectivity index (χ2n) is 8.97. The SMILES string of the molecule is COc1ccc2c(c1)C=C(CCCCCN)[C@@H]1[C@@H]2CC[C@]2(C)C(=O)CC[C@@H]12. The molecule has 1 aromatic carbocycles. The van der Waals surface area contributed by atoms with Crippen LogP contribution in [0.2, 0.25) is 0 Å². The molecule has 0 amide bonds. The van der Waals surface area contributed by atoms with Crippen molar-refractivity contribution in [3.63, 3.8) is 0 Å². The van der Waals surface area contributed by atoms with Gasteiger partial charge < -0.3 is 10.5 Å². The van der Waals surface area contributed by atoms with Crippen molar-refractivity contribution in [2.45, 2.75) is 64.2 Å². The molecular weight excluding hydrogens is 334 g/mol. The van der Waals surface area contributed by atoms with Crippen LogP contribution in [0.4, 0.5) is 0 Å². The minimum atomic E-state index is -0.0957. The minimum absolute atomic E-state index is 0.0957. The summed E-state index contributed by atoms with van der Waals surface area (Å²) in [6.45, 7) is 3.03. The van der Waals surface area contributed by atoms with Crippen LogP contribution in [-0.4, -0.2) is 19.4 Å². The summed E-state index contributed by atoms with van der Waals surface area (Å²) in [7, 11) is 1.74. The number of rotatable bonds is 6. The molecule has 146 valence electrons. The molecule has 3 heteroatoms. The lowest BCUT2D eigenvalue weighted by Crippen LogP contribution is -2.42. The Kier molecular flexibility index (Phi) is 5.15. The van der Waals surface area contributed by atoms with Crippen LogP contribution in [0.3, 0.4) is 0 Å². The number of fused-ring (bicyclic) bond motifs is 5. The molecular formula is C24H33NO2. The molecule has 0 spiro atoms. The molecule has 0 heterocycles. The number of hydrogen-bond acceptors (Lipinski definition) is 3. The van der Waals surface area contributed by atoms with Gasteiger partial charge in [-0.2, -0.15) is 0 Å². The first-order valence-corrected chi connectivity index (χ1v) is 10.7. The van der Waals surface area contributed by atoms with Crippen molar-refractivity contribution in [3.05, 3.63) is 34.9 Å². The molecule has 0 radical (unpaired) electrons. The summed E-state index contributed by atoms with van der Waals surface area (Å²) in [5, 5.41) is 0. The molecule has 4 atom stereocenters. The zero-order valence-electron chi connectivity index (χ0n) is 16.8.